The minimum Gasteiger partial charge on any atom is -0.474 e. The summed E-state index contributed by atoms with van der Waals surface area (Å²) in [5.74, 6) is 1.46. The maximum atomic E-state index is 7.47. The smallest absolute Gasteiger partial charge is 0.214 e. The van der Waals surface area contributed by atoms with Crippen molar-refractivity contribution in [1.82, 2.24) is 4.98 Å². The fourth-order valence-electron chi connectivity index (χ4n) is 2.37. The van der Waals surface area contributed by atoms with E-state index in [9.17, 15) is 0 Å². The molecule has 2 rings (SSSR count). The molecule has 1 fully saturated rings. The molecule has 0 amide bonds. The van der Waals surface area contributed by atoms with Gasteiger partial charge in [-0.05, 0) is 44.6 Å². The molecule has 98 valence electrons. The number of hydrogen-bond donors (Lipinski definition) is 2. The van der Waals surface area contributed by atoms with Gasteiger partial charge in [-0.3, -0.25) is 5.41 Å². The van der Waals surface area contributed by atoms with Crippen molar-refractivity contribution in [3.63, 3.8) is 0 Å². The molecule has 4 heteroatoms. The van der Waals surface area contributed by atoms with Gasteiger partial charge in [-0.1, -0.05) is 6.92 Å². The fourth-order valence-corrected chi connectivity index (χ4v) is 2.37. The van der Waals surface area contributed by atoms with Crippen LogP contribution in [-0.2, 0) is 0 Å². The molecule has 1 saturated carbocycles. The predicted molar refractivity (Wildman–Crippen MR) is 72.0 cm³/mol. The highest BCUT2D eigenvalue weighted by Gasteiger charge is 2.20. The number of nitrogens with zero attached hydrogens (tertiary/aromatic N) is 1. The third-order valence-electron chi connectivity index (χ3n) is 3.49. The van der Waals surface area contributed by atoms with E-state index in [0.717, 1.165) is 24.5 Å². The van der Waals surface area contributed by atoms with E-state index in [1.165, 1.54) is 12.8 Å². The molecule has 0 spiro atoms. The number of nitrogens with one attached hydrogen (secondary N) is 1. The lowest BCUT2D eigenvalue weighted by Crippen LogP contribution is -2.23. The predicted octanol–water partition coefficient (Wildman–Crippen LogP) is 2.63. The number of aromatic nitrogens is 1. The van der Waals surface area contributed by atoms with Crippen molar-refractivity contribution in [3.8, 4) is 5.88 Å². The van der Waals surface area contributed by atoms with Crippen molar-refractivity contribution in [2.24, 2.45) is 11.7 Å². The van der Waals surface area contributed by atoms with Crippen molar-refractivity contribution < 1.29 is 4.74 Å². The standard InChI is InChI=1S/C14H21N3O/c1-9-3-5-12(6-4-9)18-13-8-11(14(15)16)7-10(2)17-13/h7-9,12H,3-6H2,1-2H3,(H3,15,16). The normalized spacial score (nSPS) is 23.7. The monoisotopic (exact) mass is 247 g/mol. The van der Waals surface area contributed by atoms with Gasteiger partial charge >= 0.3 is 0 Å². The molecule has 4 nitrogen and oxygen atoms in total. The molecule has 1 aromatic rings. The van der Waals surface area contributed by atoms with E-state index in [2.05, 4.69) is 11.9 Å². The number of amidine groups is 1. The van der Waals surface area contributed by atoms with Crippen molar-refractivity contribution in [2.45, 2.75) is 45.6 Å². The van der Waals surface area contributed by atoms with Crippen molar-refractivity contribution in [3.05, 3.63) is 23.4 Å². The van der Waals surface area contributed by atoms with Crippen LogP contribution in [0.5, 0.6) is 5.88 Å². The second-order valence-electron chi connectivity index (χ2n) is 5.25. The Hall–Kier alpha value is -1.58. The molecule has 0 aliphatic heterocycles. The number of hydrogen-bond acceptors (Lipinski definition) is 3. The fraction of sp³-hybridized carbons (Fsp3) is 0.571. The van der Waals surface area contributed by atoms with Gasteiger partial charge in [0.25, 0.3) is 0 Å². The molecular weight excluding hydrogens is 226 g/mol. The first-order valence-corrected chi connectivity index (χ1v) is 6.54. The molecule has 0 radical (unpaired) electrons. The minimum atomic E-state index is 0.0580. The second kappa shape index (κ2) is 5.38. The molecule has 1 aliphatic carbocycles. The van der Waals surface area contributed by atoms with Gasteiger partial charge in [0.15, 0.2) is 0 Å². The molecular formula is C14H21N3O. The molecule has 1 aromatic heterocycles. The van der Waals surface area contributed by atoms with E-state index >= 15 is 0 Å². The Morgan fingerprint density at radius 1 is 1.33 bits per heavy atom. The molecule has 0 aromatic carbocycles. The summed E-state index contributed by atoms with van der Waals surface area (Å²) in [6.07, 6.45) is 4.88. The summed E-state index contributed by atoms with van der Waals surface area (Å²) >= 11 is 0. The van der Waals surface area contributed by atoms with Crippen LogP contribution >= 0.6 is 0 Å². The quantitative estimate of drug-likeness (QED) is 0.637. The van der Waals surface area contributed by atoms with E-state index in [-0.39, 0.29) is 11.9 Å². The number of rotatable bonds is 3. The topological polar surface area (TPSA) is 72.0 Å². The van der Waals surface area contributed by atoms with E-state index in [1.807, 2.05) is 6.92 Å². The van der Waals surface area contributed by atoms with Gasteiger partial charge in [-0.2, -0.15) is 0 Å². The van der Waals surface area contributed by atoms with E-state index in [0.29, 0.717) is 11.4 Å². The average Bonchev–Trinajstić information content (AvgIpc) is 2.31. The number of aryl methyl sites for hydroxylation is 1. The SMILES string of the molecule is Cc1cc(C(=N)N)cc(OC2CCC(C)CC2)n1. The number of ether oxygens (including phenoxy) is 1. The molecule has 3 N–H and O–H groups in total. The lowest BCUT2D eigenvalue weighted by molar-refractivity contribution is 0.130. The van der Waals surface area contributed by atoms with E-state index in [1.54, 1.807) is 12.1 Å². The molecule has 0 atom stereocenters. The van der Waals surface area contributed by atoms with Gasteiger partial charge in [0.05, 0.1) is 0 Å². The molecule has 1 aliphatic rings. The third-order valence-corrected chi connectivity index (χ3v) is 3.49. The Kier molecular flexibility index (Phi) is 3.84. The maximum Gasteiger partial charge on any atom is 0.214 e. The largest absolute Gasteiger partial charge is 0.474 e. The van der Waals surface area contributed by atoms with Gasteiger partial charge in [0.1, 0.15) is 11.9 Å². The first-order chi connectivity index (χ1) is 8.54. The summed E-state index contributed by atoms with van der Waals surface area (Å²) < 4.78 is 5.91. The van der Waals surface area contributed by atoms with Crippen LogP contribution in [0.1, 0.15) is 43.9 Å². The number of nitrogen functional groups attached to an aromatic ring is 1. The Morgan fingerprint density at radius 3 is 2.61 bits per heavy atom. The number of nitrogens with two attached hydrogens (primary N) is 1. The van der Waals surface area contributed by atoms with Crippen LogP contribution in [0.15, 0.2) is 12.1 Å². The maximum absolute atomic E-state index is 7.47. The van der Waals surface area contributed by atoms with Gasteiger partial charge in [0.2, 0.25) is 5.88 Å². The van der Waals surface area contributed by atoms with Crippen LogP contribution in [0.4, 0.5) is 0 Å². The van der Waals surface area contributed by atoms with E-state index in [4.69, 9.17) is 15.9 Å². The third kappa shape index (κ3) is 3.22. The summed E-state index contributed by atoms with van der Waals surface area (Å²) in [6, 6.07) is 3.56. The summed E-state index contributed by atoms with van der Waals surface area (Å²) in [5, 5.41) is 7.47. The first-order valence-electron chi connectivity index (χ1n) is 6.54. The van der Waals surface area contributed by atoms with Crippen LogP contribution in [0.25, 0.3) is 0 Å². The van der Waals surface area contributed by atoms with Crippen LogP contribution in [0.3, 0.4) is 0 Å². The highest BCUT2D eigenvalue weighted by Crippen LogP contribution is 2.26. The summed E-state index contributed by atoms with van der Waals surface area (Å²) in [4.78, 5) is 4.35. The lowest BCUT2D eigenvalue weighted by Gasteiger charge is -2.26. The molecule has 0 unspecified atom stereocenters. The summed E-state index contributed by atoms with van der Waals surface area (Å²) in [7, 11) is 0. The average molecular weight is 247 g/mol. The van der Waals surface area contributed by atoms with Crippen molar-refractivity contribution in [2.75, 3.05) is 0 Å². The highest BCUT2D eigenvalue weighted by atomic mass is 16.5. The molecule has 1 heterocycles. The minimum absolute atomic E-state index is 0.0580. The number of pyridine rings is 1. The summed E-state index contributed by atoms with van der Waals surface area (Å²) in [6.45, 7) is 4.18. The van der Waals surface area contributed by atoms with Crippen molar-refractivity contribution in [1.29, 1.82) is 5.41 Å². The van der Waals surface area contributed by atoms with Gasteiger partial charge in [0, 0.05) is 17.3 Å². The molecule has 18 heavy (non-hydrogen) atoms. The van der Waals surface area contributed by atoms with Crippen LogP contribution in [-0.4, -0.2) is 16.9 Å². The second-order valence-corrected chi connectivity index (χ2v) is 5.25. The van der Waals surface area contributed by atoms with Gasteiger partial charge in [-0.25, -0.2) is 4.98 Å². The Balaban J connectivity index is 2.07. The zero-order valence-corrected chi connectivity index (χ0v) is 11.1. The zero-order valence-electron chi connectivity index (χ0n) is 11.1. The molecule has 0 bridgehead atoms. The summed E-state index contributed by atoms with van der Waals surface area (Å²) in [5.41, 5.74) is 7.02. The molecule has 0 saturated heterocycles. The zero-order chi connectivity index (χ0) is 13.1. The van der Waals surface area contributed by atoms with Gasteiger partial charge in [-0.15, -0.1) is 0 Å². The Labute approximate surface area is 108 Å². The van der Waals surface area contributed by atoms with Crippen LogP contribution < -0.4 is 10.5 Å². The Morgan fingerprint density at radius 2 is 2.00 bits per heavy atom. The van der Waals surface area contributed by atoms with Crippen molar-refractivity contribution >= 4 is 5.84 Å². The Bertz CT molecular complexity index is 437. The van der Waals surface area contributed by atoms with Crippen LogP contribution in [0, 0.1) is 18.3 Å². The van der Waals surface area contributed by atoms with Gasteiger partial charge < -0.3 is 10.5 Å². The van der Waals surface area contributed by atoms with E-state index < -0.39 is 0 Å². The lowest BCUT2D eigenvalue weighted by atomic mass is 9.89. The highest BCUT2D eigenvalue weighted by molar-refractivity contribution is 5.95. The van der Waals surface area contributed by atoms with Crippen LogP contribution in [0.2, 0.25) is 0 Å². The first kappa shape index (κ1) is 12.9.